The van der Waals surface area contributed by atoms with Gasteiger partial charge in [0.15, 0.2) is 0 Å². The number of pyridine rings is 1. The minimum absolute atomic E-state index is 0.0169. The average molecular weight is 448 g/mol. The molecule has 0 aliphatic heterocycles. The highest BCUT2D eigenvalue weighted by molar-refractivity contribution is 9.10. The fraction of sp³-hybridized carbons (Fsp3) is 0.263. The summed E-state index contributed by atoms with van der Waals surface area (Å²) in [6, 6.07) is 12.5. The Balaban J connectivity index is 1.71. The monoisotopic (exact) mass is 447 g/mol. The van der Waals surface area contributed by atoms with Crippen LogP contribution in [0.25, 0.3) is 0 Å². The number of rotatable bonds is 8. The molecule has 2 aromatic rings. The number of aromatic nitrogens is 1. The maximum absolute atomic E-state index is 12.0. The van der Waals surface area contributed by atoms with E-state index in [0.717, 1.165) is 10.2 Å². The Morgan fingerprint density at radius 2 is 1.68 bits per heavy atom. The number of hydrogen-bond donors (Lipinski definition) is 3. The number of aryl methyl sites for hydroxylation is 1. The molecule has 2 rings (SSSR count). The zero-order valence-electron chi connectivity index (χ0n) is 15.7. The van der Waals surface area contributed by atoms with Crippen molar-refractivity contribution in [2.75, 3.05) is 37.3 Å². The molecule has 9 heteroatoms. The number of hydrogen-bond acceptors (Lipinski definition) is 5. The quantitative estimate of drug-likeness (QED) is 0.572. The van der Waals surface area contributed by atoms with Crippen LogP contribution in [0.1, 0.15) is 5.69 Å². The molecule has 148 valence electrons. The maximum atomic E-state index is 12.0. The molecular weight excluding hydrogens is 426 g/mol. The van der Waals surface area contributed by atoms with E-state index in [1.807, 2.05) is 19.1 Å². The van der Waals surface area contributed by atoms with Crippen molar-refractivity contribution in [3.8, 4) is 0 Å². The Morgan fingerprint density at radius 1 is 0.964 bits per heavy atom. The summed E-state index contributed by atoms with van der Waals surface area (Å²) in [5.74, 6) is -0.510. The summed E-state index contributed by atoms with van der Waals surface area (Å²) in [6.07, 6.45) is 0. The van der Waals surface area contributed by atoms with Crippen LogP contribution >= 0.6 is 15.9 Å². The average Bonchev–Trinajstić information content (AvgIpc) is 2.61. The Kier molecular flexibility index (Phi) is 8.09. The van der Waals surface area contributed by atoms with Gasteiger partial charge in [-0.05, 0) is 54.2 Å². The second kappa shape index (κ2) is 10.5. The molecule has 3 N–H and O–H groups in total. The van der Waals surface area contributed by atoms with E-state index in [-0.39, 0.29) is 37.4 Å². The van der Waals surface area contributed by atoms with Crippen molar-refractivity contribution in [1.29, 1.82) is 0 Å². The van der Waals surface area contributed by atoms with Crippen LogP contribution in [0.5, 0.6) is 0 Å². The number of anilines is 2. The van der Waals surface area contributed by atoms with Crippen molar-refractivity contribution in [3.05, 3.63) is 52.6 Å². The SMILES string of the molecule is Cc1cccc(NC(=O)CN(C)CC(=O)NCC(=O)Nc2ccccc2Br)n1. The van der Waals surface area contributed by atoms with Crippen LogP contribution in [-0.4, -0.2) is 54.3 Å². The molecule has 0 saturated heterocycles. The highest BCUT2D eigenvalue weighted by atomic mass is 79.9. The first-order valence-corrected chi connectivity index (χ1v) is 9.36. The Morgan fingerprint density at radius 3 is 2.39 bits per heavy atom. The summed E-state index contributed by atoms with van der Waals surface area (Å²) in [5, 5.41) is 7.91. The predicted octanol–water partition coefficient (Wildman–Crippen LogP) is 1.78. The molecule has 0 aliphatic carbocycles. The summed E-state index contributed by atoms with van der Waals surface area (Å²) in [7, 11) is 1.64. The van der Waals surface area contributed by atoms with Gasteiger partial charge in [0, 0.05) is 10.2 Å². The lowest BCUT2D eigenvalue weighted by atomic mass is 10.3. The molecule has 28 heavy (non-hydrogen) atoms. The van der Waals surface area contributed by atoms with E-state index < -0.39 is 0 Å². The lowest BCUT2D eigenvalue weighted by Crippen LogP contribution is -2.41. The summed E-state index contributed by atoms with van der Waals surface area (Å²) in [4.78, 5) is 41.7. The van der Waals surface area contributed by atoms with Gasteiger partial charge in [0.1, 0.15) is 5.82 Å². The largest absolute Gasteiger partial charge is 0.346 e. The van der Waals surface area contributed by atoms with E-state index in [9.17, 15) is 14.4 Å². The Bertz CT molecular complexity index is 859. The Labute approximate surface area is 171 Å². The van der Waals surface area contributed by atoms with Gasteiger partial charge < -0.3 is 16.0 Å². The number of halogens is 1. The number of amides is 3. The van der Waals surface area contributed by atoms with Crippen LogP contribution < -0.4 is 16.0 Å². The van der Waals surface area contributed by atoms with Gasteiger partial charge in [-0.2, -0.15) is 0 Å². The molecule has 0 radical (unpaired) electrons. The van der Waals surface area contributed by atoms with Crippen molar-refractivity contribution in [2.45, 2.75) is 6.92 Å². The summed E-state index contributed by atoms with van der Waals surface area (Å²) in [5.41, 5.74) is 1.42. The van der Waals surface area contributed by atoms with Crippen LogP contribution in [-0.2, 0) is 14.4 Å². The van der Waals surface area contributed by atoms with E-state index in [0.29, 0.717) is 11.5 Å². The topological polar surface area (TPSA) is 103 Å². The molecule has 1 heterocycles. The molecule has 0 saturated carbocycles. The van der Waals surface area contributed by atoms with Crippen molar-refractivity contribution in [3.63, 3.8) is 0 Å². The lowest BCUT2D eigenvalue weighted by molar-refractivity contribution is -0.125. The molecule has 1 aromatic carbocycles. The van der Waals surface area contributed by atoms with Gasteiger partial charge in [-0.25, -0.2) is 4.98 Å². The third-order valence-electron chi connectivity index (χ3n) is 3.58. The maximum Gasteiger partial charge on any atom is 0.243 e. The number of para-hydroxylation sites is 1. The van der Waals surface area contributed by atoms with Gasteiger partial charge >= 0.3 is 0 Å². The zero-order chi connectivity index (χ0) is 20.5. The number of nitrogens with one attached hydrogen (secondary N) is 3. The van der Waals surface area contributed by atoms with E-state index in [2.05, 4.69) is 36.9 Å². The van der Waals surface area contributed by atoms with Crippen molar-refractivity contribution >= 4 is 45.2 Å². The summed E-state index contributed by atoms with van der Waals surface area (Å²) >= 11 is 3.34. The van der Waals surface area contributed by atoms with E-state index >= 15 is 0 Å². The van der Waals surface area contributed by atoms with Crippen molar-refractivity contribution in [2.24, 2.45) is 0 Å². The second-order valence-electron chi connectivity index (χ2n) is 6.19. The second-order valence-corrected chi connectivity index (χ2v) is 7.04. The predicted molar refractivity (Wildman–Crippen MR) is 111 cm³/mol. The molecule has 1 aromatic heterocycles. The van der Waals surface area contributed by atoms with Crippen molar-refractivity contribution in [1.82, 2.24) is 15.2 Å². The molecule has 0 bridgehead atoms. The lowest BCUT2D eigenvalue weighted by Gasteiger charge is -2.16. The van der Waals surface area contributed by atoms with Crippen LogP contribution in [0.15, 0.2) is 46.9 Å². The third-order valence-corrected chi connectivity index (χ3v) is 4.27. The van der Waals surface area contributed by atoms with Gasteiger partial charge in [-0.3, -0.25) is 19.3 Å². The van der Waals surface area contributed by atoms with E-state index in [1.165, 1.54) is 0 Å². The highest BCUT2D eigenvalue weighted by Crippen LogP contribution is 2.20. The smallest absolute Gasteiger partial charge is 0.243 e. The molecule has 0 fully saturated rings. The Hall–Kier alpha value is -2.78. The number of nitrogens with zero attached hydrogens (tertiary/aromatic N) is 2. The van der Waals surface area contributed by atoms with E-state index in [1.54, 1.807) is 42.3 Å². The van der Waals surface area contributed by atoms with Gasteiger partial charge in [0.05, 0.1) is 25.3 Å². The zero-order valence-corrected chi connectivity index (χ0v) is 17.2. The van der Waals surface area contributed by atoms with Gasteiger partial charge in [-0.15, -0.1) is 0 Å². The molecule has 0 atom stereocenters. The number of carbonyl (C=O) groups excluding carboxylic acids is 3. The molecule has 8 nitrogen and oxygen atoms in total. The van der Waals surface area contributed by atoms with Crippen LogP contribution in [0.2, 0.25) is 0 Å². The van der Waals surface area contributed by atoms with Crippen LogP contribution in [0.4, 0.5) is 11.5 Å². The van der Waals surface area contributed by atoms with Crippen LogP contribution in [0, 0.1) is 6.92 Å². The fourth-order valence-corrected chi connectivity index (χ4v) is 2.72. The van der Waals surface area contributed by atoms with Crippen molar-refractivity contribution < 1.29 is 14.4 Å². The number of carbonyl (C=O) groups is 3. The third kappa shape index (κ3) is 7.45. The first kappa shape index (κ1) is 21.5. The summed E-state index contributed by atoms with van der Waals surface area (Å²) < 4.78 is 0.753. The highest BCUT2D eigenvalue weighted by Gasteiger charge is 2.13. The van der Waals surface area contributed by atoms with Crippen LogP contribution in [0.3, 0.4) is 0 Å². The van der Waals surface area contributed by atoms with Gasteiger partial charge in [-0.1, -0.05) is 18.2 Å². The number of benzene rings is 1. The molecular formula is C19H22BrN5O3. The standard InChI is InChI=1S/C19H22BrN5O3/c1-13-6-5-9-16(22-13)24-19(28)12-25(2)11-18(27)21-10-17(26)23-15-8-4-3-7-14(15)20/h3-9H,10-12H2,1-2H3,(H,21,27)(H,23,26)(H,22,24,28). The molecule has 0 aliphatic rings. The number of likely N-dealkylation sites (N-methyl/N-ethyl adjacent to an activating group) is 1. The fourth-order valence-electron chi connectivity index (χ4n) is 2.33. The van der Waals surface area contributed by atoms with E-state index in [4.69, 9.17) is 0 Å². The molecule has 3 amide bonds. The molecule has 0 spiro atoms. The first-order valence-electron chi connectivity index (χ1n) is 8.56. The molecule has 0 unspecified atom stereocenters. The van der Waals surface area contributed by atoms with Gasteiger partial charge in [0.25, 0.3) is 0 Å². The summed E-state index contributed by atoms with van der Waals surface area (Å²) in [6.45, 7) is 1.68. The van der Waals surface area contributed by atoms with Gasteiger partial charge in [0.2, 0.25) is 17.7 Å². The normalized spacial score (nSPS) is 10.4. The first-order chi connectivity index (χ1) is 13.3. The minimum atomic E-state index is -0.355. The minimum Gasteiger partial charge on any atom is -0.346 e.